The standard InChI is InChI=1S/C34H34N8/c1-21-16-26-17-24(9-12-29(26)34(2,37-21)27-11-8-25-20-35-15-14-22(25)18-27)33-36-30-19-23(32-38-40-41-39-32)10-13-31(30)42(33)28-6-4-3-5-7-28/h8-13,15,17-19,28H,3-7,14,16,20H2,1-2H3,(H,38,39,40,41). The lowest BCUT2D eigenvalue weighted by Crippen LogP contribution is -2.29. The Balaban J connectivity index is 1.25. The predicted molar refractivity (Wildman–Crippen MR) is 166 cm³/mol. The number of fused-ring (bicyclic) bond motifs is 3. The molecule has 2 aliphatic heterocycles. The van der Waals surface area contributed by atoms with Crippen molar-refractivity contribution in [1.29, 1.82) is 0 Å². The van der Waals surface area contributed by atoms with Gasteiger partial charge < -0.3 is 4.57 Å². The molecule has 0 radical (unpaired) electrons. The van der Waals surface area contributed by atoms with Crippen LogP contribution in [0.1, 0.15) is 79.8 Å². The summed E-state index contributed by atoms with van der Waals surface area (Å²) >= 11 is 0. The first-order valence-corrected chi connectivity index (χ1v) is 15.1. The Bertz CT molecular complexity index is 1870. The number of benzene rings is 3. The highest BCUT2D eigenvalue weighted by Gasteiger charge is 2.35. The fourth-order valence-corrected chi connectivity index (χ4v) is 7.36. The molecule has 8 nitrogen and oxygen atoms in total. The molecular formula is C34H34N8. The second-order valence-corrected chi connectivity index (χ2v) is 12.2. The molecule has 5 aromatic rings. The van der Waals surface area contributed by atoms with Crippen LogP contribution in [0.25, 0.3) is 33.8 Å². The number of H-pyrrole nitrogens is 1. The monoisotopic (exact) mass is 554 g/mol. The first kappa shape index (κ1) is 25.3. The normalized spacial score (nSPS) is 20.4. The minimum atomic E-state index is -0.428. The molecule has 4 heterocycles. The molecule has 0 amide bonds. The molecule has 8 heteroatoms. The maximum atomic E-state index is 5.28. The summed E-state index contributed by atoms with van der Waals surface area (Å²) in [4.78, 5) is 15.0. The fourth-order valence-electron chi connectivity index (χ4n) is 7.36. The quantitative estimate of drug-likeness (QED) is 0.264. The molecule has 0 spiro atoms. The molecule has 1 atom stereocenters. The van der Waals surface area contributed by atoms with Crippen molar-refractivity contribution in [3.05, 3.63) is 82.4 Å². The van der Waals surface area contributed by atoms with Crippen LogP contribution in [0.2, 0.25) is 0 Å². The zero-order chi connectivity index (χ0) is 28.3. The van der Waals surface area contributed by atoms with Crippen molar-refractivity contribution >= 4 is 23.0 Å². The highest BCUT2D eigenvalue weighted by atomic mass is 15.5. The van der Waals surface area contributed by atoms with E-state index in [2.05, 4.69) is 98.6 Å². The molecule has 42 heavy (non-hydrogen) atoms. The number of aromatic nitrogens is 6. The highest BCUT2D eigenvalue weighted by Crippen LogP contribution is 2.43. The minimum absolute atomic E-state index is 0.428. The van der Waals surface area contributed by atoms with Crippen LogP contribution >= 0.6 is 0 Å². The van der Waals surface area contributed by atoms with E-state index >= 15 is 0 Å². The van der Waals surface area contributed by atoms with Crippen LogP contribution < -0.4 is 0 Å². The third-order valence-electron chi connectivity index (χ3n) is 9.45. The van der Waals surface area contributed by atoms with Gasteiger partial charge in [-0.3, -0.25) is 9.98 Å². The van der Waals surface area contributed by atoms with E-state index in [1.807, 2.05) is 6.21 Å². The maximum Gasteiger partial charge on any atom is 0.204 e. The molecule has 3 aromatic carbocycles. The van der Waals surface area contributed by atoms with Gasteiger partial charge in [0.05, 0.1) is 17.6 Å². The summed E-state index contributed by atoms with van der Waals surface area (Å²) in [5.74, 6) is 1.63. The molecule has 210 valence electrons. The third kappa shape index (κ3) is 4.11. The number of rotatable bonds is 4. The van der Waals surface area contributed by atoms with Gasteiger partial charge in [0.1, 0.15) is 11.4 Å². The summed E-state index contributed by atoms with van der Waals surface area (Å²) < 4.78 is 2.50. The summed E-state index contributed by atoms with van der Waals surface area (Å²) in [6.07, 6.45) is 9.97. The van der Waals surface area contributed by atoms with Gasteiger partial charge >= 0.3 is 0 Å². The van der Waals surface area contributed by atoms with Crippen LogP contribution in [-0.2, 0) is 24.9 Å². The zero-order valence-electron chi connectivity index (χ0n) is 24.1. The van der Waals surface area contributed by atoms with Crippen LogP contribution in [0, 0.1) is 0 Å². The van der Waals surface area contributed by atoms with Gasteiger partial charge in [0.25, 0.3) is 0 Å². The minimum Gasteiger partial charge on any atom is -0.321 e. The number of aliphatic imine (C=N–C) groups is 2. The molecule has 0 bridgehead atoms. The summed E-state index contributed by atoms with van der Waals surface area (Å²) in [6, 6.07) is 20.6. The lowest BCUT2D eigenvalue weighted by atomic mass is 9.77. The number of aromatic amines is 1. The van der Waals surface area contributed by atoms with Crippen molar-refractivity contribution in [3.8, 4) is 22.8 Å². The Hall–Kier alpha value is -4.46. The van der Waals surface area contributed by atoms with Gasteiger partial charge in [-0.1, -0.05) is 49.6 Å². The Morgan fingerprint density at radius 3 is 2.64 bits per heavy atom. The lowest BCUT2D eigenvalue weighted by Gasteiger charge is -2.34. The Kier molecular flexibility index (Phi) is 5.91. The van der Waals surface area contributed by atoms with E-state index in [4.69, 9.17) is 9.98 Å². The number of hydrogen-bond acceptors (Lipinski definition) is 6. The van der Waals surface area contributed by atoms with E-state index < -0.39 is 5.54 Å². The second kappa shape index (κ2) is 9.82. The summed E-state index contributed by atoms with van der Waals surface area (Å²) in [5.41, 5.74) is 11.5. The van der Waals surface area contributed by atoms with Crippen LogP contribution in [0.5, 0.6) is 0 Å². The van der Waals surface area contributed by atoms with E-state index in [1.54, 1.807) is 0 Å². The van der Waals surface area contributed by atoms with Crippen molar-refractivity contribution in [2.45, 2.75) is 76.9 Å². The number of hydrogen-bond donors (Lipinski definition) is 1. The summed E-state index contributed by atoms with van der Waals surface area (Å²) in [5, 5.41) is 14.7. The van der Waals surface area contributed by atoms with Crippen molar-refractivity contribution in [1.82, 2.24) is 30.2 Å². The first-order valence-electron chi connectivity index (χ1n) is 15.1. The Labute approximate surface area is 245 Å². The Morgan fingerprint density at radius 2 is 1.79 bits per heavy atom. The highest BCUT2D eigenvalue weighted by molar-refractivity contribution is 5.89. The number of tetrazole rings is 1. The van der Waals surface area contributed by atoms with Gasteiger partial charge in [-0.2, -0.15) is 5.21 Å². The average Bonchev–Trinajstić information content (AvgIpc) is 3.69. The number of nitrogens with zero attached hydrogens (tertiary/aromatic N) is 7. The predicted octanol–water partition coefficient (Wildman–Crippen LogP) is 6.80. The summed E-state index contributed by atoms with van der Waals surface area (Å²) in [6.45, 7) is 5.20. The molecule has 8 rings (SSSR count). The molecule has 1 unspecified atom stereocenters. The van der Waals surface area contributed by atoms with Gasteiger partial charge in [-0.15, -0.1) is 10.2 Å². The van der Waals surface area contributed by atoms with E-state index in [9.17, 15) is 0 Å². The number of imidazole rings is 1. The van der Waals surface area contributed by atoms with Gasteiger partial charge in [-0.25, -0.2) is 4.98 Å². The summed E-state index contributed by atoms with van der Waals surface area (Å²) in [7, 11) is 0. The van der Waals surface area contributed by atoms with Crippen LogP contribution in [-0.4, -0.2) is 42.1 Å². The second-order valence-electron chi connectivity index (χ2n) is 12.2. The van der Waals surface area contributed by atoms with E-state index in [0.717, 1.165) is 47.6 Å². The van der Waals surface area contributed by atoms with Crippen LogP contribution in [0.4, 0.5) is 0 Å². The maximum absolute atomic E-state index is 5.28. The largest absolute Gasteiger partial charge is 0.321 e. The fraction of sp³-hybridized carbons (Fsp3) is 0.353. The van der Waals surface area contributed by atoms with E-state index in [0.29, 0.717) is 11.9 Å². The lowest BCUT2D eigenvalue weighted by molar-refractivity contribution is 0.362. The van der Waals surface area contributed by atoms with Crippen molar-refractivity contribution in [2.75, 3.05) is 0 Å². The van der Waals surface area contributed by atoms with Gasteiger partial charge in [-0.05, 0) is 84.0 Å². The van der Waals surface area contributed by atoms with Crippen LogP contribution in [0.15, 0.2) is 64.6 Å². The molecule has 1 N–H and O–H groups in total. The van der Waals surface area contributed by atoms with Gasteiger partial charge in [0.2, 0.25) is 5.82 Å². The first-order chi connectivity index (χ1) is 20.6. The topological polar surface area (TPSA) is 97.0 Å². The van der Waals surface area contributed by atoms with Crippen molar-refractivity contribution in [3.63, 3.8) is 0 Å². The molecule has 3 aliphatic rings. The van der Waals surface area contributed by atoms with E-state index in [1.165, 1.54) is 65.4 Å². The van der Waals surface area contributed by atoms with E-state index in [-0.39, 0.29) is 0 Å². The van der Waals surface area contributed by atoms with Crippen molar-refractivity contribution in [2.24, 2.45) is 9.98 Å². The molecule has 1 aliphatic carbocycles. The molecule has 1 saturated carbocycles. The molecule has 2 aromatic heterocycles. The average molecular weight is 555 g/mol. The molecule has 0 saturated heterocycles. The smallest absolute Gasteiger partial charge is 0.204 e. The third-order valence-corrected chi connectivity index (χ3v) is 9.45. The molecular weight excluding hydrogens is 520 g/mol. The van der Waals surface area contributed by atoms with Crippen molar-refractivity contribution < 1.29 is 0 Å². The zero-order valence-corrected chi connectivity index (χ0v) is 24.1. The SMILES string of the molecule is CC1=NC(C)(c2ccc3c(c2)CC=NC3)c2ccc(-c3nc4cc(-c5nn[nH]n5)ccc4n3C3CCCCC3)cc2C1. The van der Waals surface area contributed by atoms with Gasteiger partial charge in [0.15, 0.2) is 0 Å². The molecule has 1 fully saturated rings. The number of nitrogens with one attached hydrogen (secondary N) is 1. The Morgan fingerprint density at radius 1 is 0.905 bits per heavy atom. The van der Waals surface area contributed by atoms with Crippen LogP contribution in [0.3, 0.4) is 0 Å². The van der Waals surface area contributed by atoms with Gasteiger partial charge in [0, 0.05) is 41.9 Å².